The number of esters is 1. The Morgan fingerprint density at radius 1 is 1.18 bits per heavy atom. The lowest BCUT2D eigenvalue weighted by molar-refractivity contribution is -0.139. The number of carbonyl (C=O) groups is 1. The van der Waals surface area contributed by atoms with E-state index in [0.717, 1.165) is 21.7 Å². The number of allylic oxidation sites excluding steroid dienone is 1. The predicted octanol–water partition coefficient (Wildman–Crippen LogP) is 3.59. The molecule has 6 nitrogen and oxygen atoms in total. The fourth-order valence-electron chi connectivity index (χ4n) is 3.91. The van der Waals surface area contributed by atoms with Crippen LogP contribution in [0, 0.1) is 0 Å². The summed E-state index contributed by atoms with van der Waals surface area (Å²) in [5, 5.41) is 0. The molecule has 0 radical (unpaired) electrons. The van der Waals surface area contributed by atoms with Gasteiger partial charge in [0, 0.05) is 24.7 Å². The lowest BCUT2D eigenvalue weighted by Crippen LogP contribution is -2.39. The SMILES string of the molecule is CCOC(=O)C1=C(C)N=c2s/c(=C\c3ccc(SC)cc3)c(=O)n2[C@H]1c1ccc(N(C)C)cc1. The van der Waals surface area contributed by atoms with Crippen molar-refractivity contribution in [1.82, 2.24) is 4.57 Å². The van der Waals surface area contributed by atoms with Crippen LogP contribution < -0.4 is 19.8 Å². The molecule has 0 spiro atoms. The molecule has 3 aromatic rings. The molecule has 34 heavy (non-hydrogen) atoms. The molecule has 1 atom stereocenters. The smallest absolute Gasteiger partial charge is 0.338 e. The van der Waals surface area contributed by atoms with Gasteiger partial charge in [-0.05, 0) is 61.6 Å². The highest BCUT2D eigenvalue weighted by Crippen LogP contribution is 2.31. The van der Waals surface area contributed by atoms with E-state index in [1.165, 1.54) is 11.3 Å². The third-order valence-corrected chi connectivity index (χ3v) is 7.38. The zero-order chi connectivity index (χ0) is 24.4. The fourth-order valence-corrected chi connectivity index (χ4v) is 5.37. The van der Waals surface area contributed by atoms with Crippen molar-refractivity contribution in [3.05, 3.63) is 90.6 Å². The Hall–Kier alpha value is -3.10. The van der Waals surface area contributed by atoms with Gasteiger partial charge < -0.3 is 9.64 Å². The first-order chi connectivity index (χ1) is 16.3. The summed E-state index contributed by atoms with van der Waals surface area (Å²) >= 11 is 3.00. The van der Waals surface area contributed by atoms with Crippen LogP contribution in [-0.2, 0) is 9.53 Å². The van der Waals surface area contributed by atoms with Crippen LogP contribution in [0.1, 0.15) is 31.0 Å². The topological polar surface area (TPSA) is 63.9 Å². The Morgan fingerprint density at radius 2 is 1.85 bits per heavy atom. The monoisotopic (exact) mass is 493 g/mol. The van der Waals surface area contributed by atoms with E-state index < -0.39 is 12.0 Å². The molecule has 0 unspecified atom stereocenters. The van der Waals surface area contributed by atoms with Crippen LogP contribution in [-0.4, -0.2) is 37.5 Å². The van der Waals surface area contributed by atoms with E-state index in [9.17, 15) is 9.59 Å². The van der Waals surface area contributed by atoms with E-state index in [2.05, 4.69) is 4.99 Å². The Kier molecular flexibility index (Phi) is 7.09. The number of carbonyl (C=O) groups excluding carboxylic acids is 1. The number of rotatable bonds is 6. The third-order valence-electron chi connectivity index (χ3n) is 5.66. The minimum Gasteiger partial charge on any atom is -0.463 e. The van der Waals surface area contributed by atoms with Gasteiger partial charge in [-0.1, -0.05) is 35.6 Å². The highest BCUT2D eigenvalue weighted by molar-refractivity contribution is 7.98. The third kappa shape index (κ3) is 4.60. The van der Waals surface area contributed by atoms with Crippen molar-refractivity contribution in [2.24, 2.45) is 4.99 Å². The summed E-state index contributed by atoms with van der Waals surface area (Å²) in [6.45, 7) is 3.82. The Morgan fingerprint density at radius 3 is 2.44 bits per heavy atom. The van der Waals surface area contributed by atoms with Gasteiger partial charge in [0.15, 0.2) is 4.80 Å². The Labute approximate surface area is 206 Å². The van der Waals surface area contributed by atoms with Crippen molar-refractivity contribution in [2.75, 3.05) is 31.9 Å². The number of hydrogen-bond donors (Lipinski definition) is 0. The lowest BCUT2D eigenvalue weighted by Gasteiger charge is -2.25. The summed E-state index contributed by atoms with van der Waals surface area (Å²) in [6, 6.07) is 15.3. The van der Waals surface area contributed by atoms with E-state index in [4.69, 9.17) is 4.74 Å². The number of anilines is 1. The van der Waals surface area contributed by atoms with E-state index in [1.54, 1.807) is 30.2 Å². The van der Waals surface area contributed by atoms with Crippen LogP contribution in [0.3, 0.4) is 0 Å². The molecule has 1 aliphatic heterocycles. The summed E-state index contributed by atoms with van der Waals surface area (Å²) < 4.78 is 7.55. The normalized spacial score (nSPS) is 15.7. The molecule has 0 saturated heterocycles. The molecule has 1 aliphatic rings. The molecular weight excluding hydrogens is 466 g/mol. The molecule has 2 heterocycles. The van der Waals surface area contributed by atoms with Crippen LogP contribution in [0.15, 0.2) is 74.5 Å². The second kappa shape index (κ2) is 10.0. The number of hydrogen-bond acceptors (Lipinski definition) is 7. The van der Waals surface area contributed by atoms with Crippen LogP contribution in [0.4, 0.5) is 5.69 Å². The molecule has 0 N–H and O–H groups in total. The summed E-state index contributed by atoms with van der Waals surface area (Å²) in [4.78, 5) is 35.0. The number of fused-ring (bicyclic) bond motifs is 1. The number of aromatic nitrogens is 1. The average molecular weight is 494 g/mol. The Balaban J connectivity index is 1.90. The molecular formula is C26H27N3O3S2. The number of nitrogens with zero attached hydrogens (tertiary/aromatic N) is 3. The van der Waals surface area contributed by atoms with Crippen molar-refractivity contribution in [3.8, 4) is 0 Å². The maximum Gasteiger partial charge on any atom is 0.338 e. The molecule has 1 aromatic heterocycles. The van der Waals surface area contributed by atoms with Crippen molar-refractivity contribution >= 4 is 40.8 Å². The summed E-state index contributed by atoms with van der Waals surface area (Å²) in [7, 11) is 3.94. The fraction of sp³-hybridized carbons (Fsp3) is 0.269. The van der Waals surface area contributed by atoms with Crippen molar-refractivity contribution in [3.63, 3.8) is 0 Å². The van der Waals surface area contributed by atoms with E-state index in [-0.39, 0.29) is 12.2 Å². The van der Waals surface area contributed by atoms with E-state index in [1.807, 2.05) is 79.9 Å². The molecule has 0 amide bonds. The first kappa shape index (κ1) is 24.0. The molecule has 2 aromatic carbocycles. The minimum absolute atomic E-state index is 0.173. The molecule has 176 valence electrons. The Bertz CT molecular complexity index is 1420. The molecule has 0 aliphatic carbocycles. The zero-order valence-electron chi connectivity index (χ0n) is 19.9. The van der Waals surface area contributed by atoms with Gasteiger partial charge in [-0.2, -0.15) is 0 Å². The van der Waals surface area contributed by atoms with Crippen molar-refractivity contribution in [2.45, 2.75) is 24.8 Å². The second-order valence-electron chi connectivity index (χ2n) is 8.06. The van der Waals surface area contributed by atoms with Crippen molar-refractivity contribution in [1.29, 1.82) is 0 Å². The summed E-state index contributed by atoms with van der Waals surface area (Å²) in [6.07, 6.45) is 3.91. The van der Waals surface area contributed by atoms with Crippen LogP contribution in [0.25, 0.3) is 6.08 Å². The lowest BCUT2D eigenvalue weighted by atomic mass is 9.95. The largest absolute Gasteiger partial charge is 0.463 e. The highest BCUT2D eigenvalue weighted by atomic mass is 32.2. The molecule has 4 rings (SSSR count). The van der Waals surface area contributed by atoms with E-state index >= 15 is 0 Å². The second-order valence-corrected chi connectivity index (χ2v) is 9.95. The molecule has 0 saturated carbocycles. The molecule has 0 fully saturated rings. The van der Waals surface area contributed by atoms with Crippen LogP contribution in [0.2, 0.25) is 0 Å². The predicted molar refractivity (Wildman–Crippen MR) is 139 cm³/mol. The average Bonchev–Trinajstić information content (AvgIpc) is 3.13. The molecule has 8 heteroatoms. The summed E-state index contributed by atoms with van der Waals surface area (Å²) in [5.74, 6) is -0.452. The van der Waals surface area contributed by atoms with Gasteiger partial charge in [-0.3, -0.25) is 9.36 Å². The van der Waals surface area contributed by atoms with Gasteiger partial charge in [-0.15, -0.1) is 11.8 Å². The zero-order valence-corrected chi connectivity index (χ0v) is 21.5. The van der Waals surface area contributed by atoms with Gasteiger partial charge in [0.2, 0.25) is 0 Å². The number of ether oxygens (including phenoxy) is 1. The number of thioether (sulfide) groups is 1. The minimum atomic E-state index is -0.604. The van der Waals surface area contributed by atoms with Crippen LogP contribution in [0.5, 0.6) is 0 Å². The quantitative estimate of drug-likeness (QED) is 0.388. The number of thiazole rings is 1. The maximum atomic E-state index is 13.6. The van der Waals surface area contributed by atoms with Gasteiger partial charge in [-0.25, -0.2) is 9.79 Å². The molecule has 0 bridgehead atoms. The highest BCUT2D eigenvalue weighted by Gasteiger charge is 2.33. The van der Waals surface area contributed by atoms with Gasteiger partial charge in [0.25, 0.3) is 5.56 Å². The summed E-state index contributed by atoms with van der Waals surface area (Å²) in [5.41, 5.74) is 3.59. The first-order valence-corrected chi connectivity index (χ1v) is 13.0. The van der Waals surface area contributed by atoms with Gasteiger partial charge in [0.05, 0.1) is 28.5 Å². The maximum absolute atomic E-state index is 13.6. The van der Waals surface area contributed by atoms with Crippen molar-refractivity contribution < 1.29 is 9.53 Å². The van der Waals surface area contributed by atoms with E-state index in [0.29, 0.717) is 20.6 Å². The standard InChI is InChI=1S/C26H27N3O3S2/c1-6-32-25(31)22-16(2)27-26-29(23(22)18-9-11-19(12-10-18)28(3)4)24(30)21(34-26)15-17-7-13-20(33-5)14-8-17/h7-15,23H,6H2,1-5H3/b21-15-/t23-/m0/s1. The van der Waals surface area contributed by atoms with Crippen LogP contribution >= 0.6 is 23.1 Å². The van der Waals surface area contributed by atoms with Gasteiger partial charge >= 0.3 is 5.97 Å². The number of benzene rings is 2. The first-order valence-electron chi connectivity index (χ1n) is 10.9. The van der Waals surface area contributed by atoms with Gasteiger partial charge in [0.1, 0.15) is 0 Å².